The van der Waals surface area contributed by atoms with Gasteiger partial charge in [0.15, 0.2) is 0 Å². The Balaban J connectivity index is 2.86. The number of aryl methyl sites for hydroxylation is 1. The molecule has 6 nitrogen and oxygen atoms in total. The van der Waals surface area contributed by atoms with Gasteiger partial charge in [0.2, 0.25) is 0 Å². The Morgan fingerprint density at radius 1 is 1.50 bits per heavy atom. The van der Waals surface area contributed by atoms with Crippen molar-refractivity contribution in [3.05, 3.63) is 29.3 Å². The molecule has 1 aromatic rings. The van der Waals surface area contributed by atoms with Crippen molar-refractivity contribution >= 4 is 17.7 Å². The lowest BCUT2D eigenvalue weighted by atomic mass is 10.1. The van der Waals surface area contributed by atoms with Crippen molar-refractivity contribution in [1.29, 1.82) is 5.26 Å². The molecule has 0 saturated heterocycles. The van der Waals surface area contributed by atoms with Crippen LogP contribution in [-0.4, -0.2) is 35.6 Å². The van der Waals surface area contributed by atoms with Crippen LogP contribution < -0.4 is 5.32 Å². The number of carboxylic acid groups (broad SMARTS) is 1. The third kappa shape index (κ3) is 3.22. The van der Waals surface area contributed by atoms with E-state index < -0.39 is 18.5 Å². The highest BCUT2D eigenvalue weighted by Gasteiger charge is 2.14. The van der Waals surface area contributed by atoms with Crippen LogP contribution in [0.1, 0.15) is 11.1 Å². The number of hydrogen-bond acceptors (Lipinski definition) is 3. The van der Waals surface area contributed by atoms with E-state index in [1.165, 1.54) is 7.05 Å². The van der Waals surface area contributed by atoms with Gasteiger partial charge in [0.1, 0.15) is 12.6 Å². The Morgan fingerprint density at radius 2 is 2.17 bits per heavy atom. The number of amides is 2. The van der Waals surface area contributed by atoms with E-state index in [1.807, 2.05) is 6.07 Å². The van der Waals surface area contributed by atoms with Crippen LogP contribution in [0.15, 0.2) is 18.2 Å². The second-order valence-corrected chi connectivity index (χ2v) is 3.79. The van der Waals surface area contributed by atoms with Crippen LogP contribution in [0.25, 0.3) is 0 Å². The van der Waals surface area contributed by atoms with E-state index in [0.717, 1.165) is 10.5 Å². The average Bonchev–Trinajstić information content (AvgIpc) is 2.28. The van der Waals surface area contributed by atoms with Crippen LogP contribution in [0.2, 0.25) is 0 Å². The van der Waals surface area contributed by atoms with E-state index in [0.29, 0.717) is 11.3 Å². The second-order valence-electron chi connectivity index (χ2n) is 3.79. The Kier molecular flexibility index (Phi) is 4.27. The normalized spacial score (nSPS) is 9.39. The van der Waals surface area contributed by atoms with Gasteiger partial charge in [-0.1, -0.05) is 12.1 Å². The standard InChI is InChI=1S/C12H13N3O3/c1-8-4-3-5-10(9(8)6-13)14-12(18)15(2)7-11(16)17/h3-5H,7H2,1-2H3,(H,14,18)(H,16,17). The second kappa shape index (κ2) is 5.68. The molecule has 0 atom stereocenters. The topological polar surface area (TPSA) is 93.4 Å². The molecule has 0 unspecified atom stereocenters. The van der Waals surface area contributed by atoms with Crippen LogP contribution >= 0.6 is 0 Å². The first-order chi connectivity index (χ1) is 8.45. The van der Waals surface area contributed by atoms with Gasteiger partial charge >= 0.3 is 12.0 Å². The molecule has 0 aliphatic carbocycles. The van der Waals surface area contributed by atoms with E-state index in [-0.39, 0.29) is 0 Å². The smallest absolute Gasteiger partial charge is 0.323 e. The summed E-state index contributed by atoms with van der Waals surface area (Å²) in [4.78, 5) is 23.2. The molecule has 0 spiro atoms. The third-order valence-electron chi connectivity index (χ3n) is 2.35. The van der Waals surface area contributed by atoms with Crippen LogP contribution in [0.3, 0.4) is 0 Å². The van der Waals surface area contributed by atoms with E-state index in [9.17, 15) is 9.59 Å². The first-order valence-corrected chi connectivity index (χ1v) is 5.19. The number of urea groups is 1. The molecule has 0 bridgehead atoms. The van der Waals surface area contributed by atoms with Crippen molar-refractivity contribution in [2.45, 2.75) is 6.92 Å². The number of carboxylic acids is 1. The first-order valence-electron chi connectivity index (χ1n) is 5.19. The number of rotatable bonds is 3. The van der Waals surface area contributed by atoms with Gasteiger partial charge in [0.25, 0.3) is 0 Å². The number of carbonyl (C=O) groups is 2. The fourth-order valence-electron chi connectivity index (χ4n) is 1.41. The molecule has 0 aliphatic rings. The molecular weight excluding hydrogens is 234 g/mol. The zero-order valence-corrected chi connectivity index (χ0v) is 10.1. The van der Waals surface area contributed by atoms with Crippen LogP contribution in [0.4, 0.5) is 10.5 Å². The van der Waals surface area contributed by atoms with E-state index in [4.69, 9.17) is 10.4 Å². The summed E-state index contributed by atoms with van der Waals surface area (Å²) in [6.45, 7) is 1.36. The zero-order chi connectivity index (χ0) is 13.7. The minimum absolute atomic E-state index is 0.370. The number of nitriles is 1. The summed E-state index contributed by atoms with van der Waals surface area (Å²) in [5.74, 6) is -1.10. The molecule has 0 heterocycles. The van der Waals surface area contributed by atoms with E-state index >= 15 is 0 Å². The van der Waals surface area contributed by atoms with Gasteiger partial charge in [0, 0.05) is 7.05 Å². The molecule has 94 valence electrons. The number of benzene rings is 1. The molecule has 2 N–H and O–H groups in total. The molecule has 1 rings (SSSR count). The fraction of sp³-hybridized carbons (Fsp3) is 0.250. The summed E-state index contributed by atoms with van der Waals surface area (Å²) in [6, 6.07) is 6.50. The number of hydrogen-bond donors (Lipinski definition) is 2. The third-order valence-corrected chi connectivity index (χ3v) is 2.35. The largest absolute Gasteiger partial charge is 0.480 e. The molecule has 18 heavy (non-hydrogen) atoms. The average molecular weight is 247 g/mol. The van der Waals surface area contributed by atoms with E-state index in [2.05, 4.69) is 5.32 Å². The lowest BCUT2D eigenvalue weighted by Crippen LogP contribution is -2.35. The number of nitrogens with one attached hydrogen (secondary N) is 1. The number of aliphatic carboxylic acids is 1. The van der Waals surface area contributed by atoms with Gasteiger partial charge in [-0.15, -0.1) is 0 Å². The Morgan fingerprint density at radius 3 is 2.72 bits per heavy atom. The summed E-state index contributed by atoms with van der Waals surface area (Å²) in [5, 5.41) is 20.1. The SMILES string of the molecule is Cc1cccc(NC(=O)N(C)CC(=O)O)c1C#N. The Hall–Kier alpha value is -2.55. The van der Waals surface area contributed by atoms with Gasteiger partial charge in [-0.2, -0.15) is 5.26 Å². The number of anilines is 1. The Bertz CT molecular complexity index is 520. The molecule has 0 saturated carbocycles. The van der Waals surface area contributed by atoms with Gasteiger partial charge in [-0.25, -0.2) is 4.79 Å². The summed E-state index contributed by atoms with van der Waals surface area (Å²) in [6.07, 6.45) is 0. The molecule has 2 amide bonds. The quantitative estimate of drug-likeness (QED) is 0.844. The maximum Gasteiger partial charge on any atom is 0.323 e. The van der Waals surface area contributed by atoms with Gasteiger partial charge in [-0.05, 0) is 18.6 Å². The van der Waals surface area contributed by atoms with Crippen molar-refractivity contribution < 1.29 is 14.7 Å². The summed E-state index contributed by atoms with van der Waals surface area (Å²) < 4.78 is 0. The summed E-state index contributed by atoms with van der Waals surface area (Å²) in [7, 11) is 1.37. The Labute approximate surface area is 104 Å². The predicted octanol–water partition coefficient (Wildman–Crippen LogP) is 1.42. The predicted molar refractivity (Wildman–Crippen MR) is 65.2 cm³/mol. The molecule has 0 aromatic heterocycles. The molecule has 0 radical (unpaired) electrons. The maximum atomic E-state index is 11.7. The molecule has 6 heteroatoms. The molecule has 0 aliphatic heterocycles. The highest BCUT2D eigenvalue weighted by Crippen LogP contribution is 2.18. The minimum Gasteiger partial charge on any atom is -0.480 e. The molecule has 1 aromatic carbocycles. The van der Waals surface area contributed by atoms with E-state index in [1.54, 1.807) is 25.1 Å². The first kappa shape index (κ1) is 13.5. The summed E-state index contributed by atoms with van der Waals surface area (Å²) in [5.41, 5.74) is 1.49. The van der Waals surface area contributed by atoms with Crippen molar-refractivity contribution in [1.82, 2.24) is 4.90 Å². The highest BCUT2D eigenvalue weighted by molar-refractivity contribution is 5.92. The van der Waals surface area contributed by atoms with Crippen molar-refractivity contribution in [3.63, 3.8) is 0 Å². The van der Waals surface area contributed by atoms with Crippen LogP contribution in [0.5, 0.6) is 0 Å². The number of likely N-dealkylation sites (N-methyl/N-ethyl adjacent to an activating group) is 1. The van der Waals surface area contributed by atoms with Crippen LogP contribution in [0, 0.1) is 18.3 Å². The van der Waals surface area contributed by atoms with Gasteiger partial charge in [0.05, 0.1) is 11.3 Å². The maximum absolute atomic E-state index is 11.7. The monoisotopic (exact) mass is 247 g/mol. The fourth-order valence-corrected chi connectivity index (χ4v) is 1.41. The van der Waals surface area contributed by atoms with Gasteiger partial charge < -0.3 is 15.3 Å². The van der Waals surface area contributed by atoms with Crippen molar-refractivity contribution in [2.75, 3.05) is 18.9 Å². The van der Waals surface area contributed by atoms with Crippen LogP contribution in [-0.2, 0) is 4.79 Å². The minimum atomic E-state index is -1.10. The summed E-state index contributed by atoms with van der Waals surface area (Å²) >= 11 is 0. The molecule has 0 fully saturated rings. The number of nitrogens with zero attached hydrogens (tertiary/aromatic N) is 2. The van der Waals surface area contributed by atoms with Gasteiger partial charge in [-0.3, -0.25) is 4.79 Å². The van der Waals surface area contributed by atoms with Crippen molar-refractivity contribution in [3.8, 4) is 6.07 Å². The highest BCUT2D eigenvalue weighted by atomic mass is 16.4. The molecular formula is C12H13N3O3. The lowest BCUT2D eigenvalue weighted by molar-refractivity contribution is -0.137. The lowest BCUT2D eigenvalue weighted by Gasteiger charge is -2.16. The zero-order valence-electron chi connectivity index (χ0n) is 10.1. The number of carbonyl (C=O) groups excluding carboxylic acids is 1. The van der Waals surface area contributed by atoms with Crippen molar-refractivity contribution in [2.24, 2.45) is 0 Å².